The zero-order valence-corrected chi connectivity index (χ0v) is 15.8. The van der Waals surface area contributed by atoms with Crippen molar-refractivity contribution in [3.63, 3.8) is 0 Å². The molecule has 2 aromatic heterocycles. The topological polar surface area (TPSA) is 44.8 Å². The molecule has 0 saturated heterocycles. The number of allylic oxidation sites excluding steroid dienone is 4. The normalized spacial score (nSPS) is 18.6. The molecule has 1 N–H and O–H groups in total. The van der Waals surface area contributed by atoms with Crippen LogP contribution in [0, 0.1) is 0 Å². The number of hydrogen-bond acceptors (Lipinski definition) is 3. The zero-order chi connectivity index (χ0) is 18.6. The van der Waals surface area contributed by atoms with Crippen LogP contribution in [-0.4, -0.2) is 40.5 Å². The van der Waals surface area contributed by atoms with Gasteiger partial charge in [-0.3, -0.25) is 0 Å². The van der Waals surface area contributed by atoms with Gasteiger partial charge in [0.15, 0.2) is 5.65 Å². The van der Waals surface area contributed by atoms with Crippen LogP contribution in [0.15, 0.2) is 72.5 Å². The number of imidazole rings is 1. The summed E-state index contributed by atoms with van der Waals surface area (Å²) >= 11 is 0. The van der Waals surface area contributed by atoms with Gasteiger partial charge in [0.05, 0.1) is 5.52 Å². The molecule has 1 aromatic carbocycles. The molecule has 0 atom stereocenters. The summed E-state index contributed by atoms with van der Waals surface area (Å²) in [5.74, 6) is 0.915. The third kappa shape index (κ3) is 4.07. The molecule has 2 heterocycles. The number of fused-ring (bicyclic) bond motifs is 1. The molecule has 0 spiro atoms. The molecule has 136 valence electrons. The van der Waals surface area contributed by atoms with Gasteiger partial charge in [0.25, 0.3) is 0 Å². The minimum atomic E-state index is 0.765. The summed E-state index contributed by atoms with van der Waals surface area (Å²) in [4.78, 5) is 15.0. The second-order valence-electron chi connectivity index (χ2n) is 7.13. The first-order valence-corrected chi connectivity index (χ1v) is 9.30. The quantitative estimate of drug-likeness (QED) is 0.727. The molecule has 0 amide bonds. The van der Waals surface area contributed by atoms with Gasteiger partial charge in [-0.25, -0.2) is 9.97 Å². The summed E-state index contributed by atoms with van der Waals surface area (Å²) in [5.41, 5.74) is 6.56. The second kappa shape index (κ2) is 7.72. The highest BCUT2D eigenvalue weighted by atomic mass is 15.0. The Labute approximate surface area is 160 Å². The first-order chi connectivity index (χ1) is 13.2. The van der Waals surface area contributed by atoms with E-state index >= 15 is 0 Å². The number of H-pyrrole nitrogens is 1. The van der Waals surface area contributed by atoms with Crippen LogP contribution in [0.25, 0.3) is 27.9 Å². The Morgan fingerprint density at radius 3 is 2.74 bits per heavy atom. The zero-order valence-electron chi connectivity index (χ0n) is 15.8. The fraction of sp³-hybridized carbons (Fsp3) is 0.217. The molecule has 0 aliphatic heterocycles. The Morgan fingerprint density at radius 1 is 1.07 bits per heavy atom. The van der Waals surface area contributed by atoms with E-state index in [4.69, 9.17) is 4.98 Å². The van der Waals surface area contributed by atoms with Crippen molar-refractivity contribution in [1.29, 1.82) is 0 Å². The maximum atomic E-state index is 4.73. The maximum Gasteiger partial charge on any atom is 0.178 e. The maximum absolute atomic E-state index is 4.73. The number of nitrogens with one attached hydrogen (secondary N) is 1. The van der Waals surface area contributed by atoms with Crippen LogP contribution in [0.3, 0.4) is 0 Å². The van der Waals surface area contributed by atoms with Crippen LogP contribution in [0.5, 0.6) is 0 Å². The Balaban J connectivity index is 1.64. The molecule has 27 heavy (non-hydrogen) atoms. The number of benzene rings is 1. The minimum absolute atomic E-state index is 0.765. The first-order valence-electron chi connectivity index (χ1n) is 9.30. The van der Waals surface area contributed by atoms with E-state index in [-0.39, 0.29) is 0 Å². The highest BCUT2D eigenvalue weighted by molar-refractivity contribution is 5.80. The summed E-state index contributed by atoms with van der Waals surface area (Å²) in [5, 5.41) is 0. The Morgan fingerprint density at radius 2 is 1.93 bits per heavy atom. The standard InChI is InChI=1S/C23H24N4/c1-27(2)16-17-8-6-7-11-19(13-12-17)22-25-21-14-20(15-24-23(21)26-22)18-9-4-3-5-10-18/h3-6,8-12,14-15H,7,13,16H2,1-2H3,(H,24,25,26)/b8-6?,17-12+,19-11+. The van der Waals surface area contributed by atoms with E-state index in [9.17, 15) is 0 Å². The van der Waals surface area contributed by atoms with Gasteiger partial charge in [0.1, 0.15) is 5.82 Å². The molecular weight excluding hydrogens is 332 g/mol. The van der Waals surface area contributed by atoms with Gasteiger partial charge >= 0.3 is 0 Å². The van der Waals surface area contributed by atoms with E-state index in [1.165, 1.54) is 11.1 Å². The minimum Gasteiger partial charge on any atom is -0.337 e. The van der Waals surface area contributed by atoms with E-state index in [1.54, 1.807) is 0 Å². The lowest BCUT2D eigenvalue weighted by Gasteiger charge is -2.12. The van der Waals surface area contributed by atoms with Crippen molar-refractivity contribution in [1.82, 2.24) is 19.9 Å². The average molecular weight is 356 g/mol. The lowest BCUT2D eigenvalue weighted by atomic mass is 10.0. The van der Waals surface area contributed by atoms with Crippen molar-refractivity contribution in [2.24, 2.45) is 0 Å². The van der Waals surface area contributed by atoms with Crippen molar-refractivity contribution in [3.8, 4) is 11.1 Å². The Hall–Kier alpha value is -2.98. The van der Waals surface area contributed by atoms with Gasteiger partial charge in [0, 0.05) is 18.3 Å². The molecule has 3 aromatic rings. The second-order valence-corrected chi connectivity index (χ2v) is 7.13. The van der Waals surface area contributed by atoms with Gasteiger partial charge in [0.2, 0.25) is 0 Å². The number of pyridine rings is 1. The molecule has 1 aliphatic rings. The summed E-state index contributed by atoms with van der Waals surface area (Å²) in [6.45, 7) is 0.950. The molecule has 0 saturated carbocycles. The lowest BCUT2D eigenvalue weighted by Crippen LogP contribution is -2.14. The smallest absolute Gasteiger partial charge is 0.178 e. The van der Waals surface area contributed by atoms with Gasteiger partial charge < -0.3 is 9.88 Å². The molecule has 1 aliphatic carbocycles. The van der Waals surface area contributed by atoms with E-state index < -0.39 is 0 Å². The van der Waals surface area contributed by atoms with Crippen LogP contribution in [-0.2, 0) is 0 Å². The Kier molecular flexibility index (Phi) is 4.99. The average Bonchev–Trinajstić information content (AvgIpc) is 3.07. The predicted molar refractivity (Wildman–Crippen MR) is 112 cm³/mol. The largest absolute Gasteiger partial charge is 0.337 e. The lowest BCUT2D eigenvalue weighted by molar-refractivity contribution is 0.448. The van der Waals surface area contributed by atoms with Crippen molar-refractivity contribution in [2.75, 3.05) is 20.6 Å². The Bertz CT molecular complexity index is 1020. The number of nitrogens with zero attached hydrogens (tertiary/aromatic N) is 3. The molecule has 4 rings (SSSR count). The van der Waals surface area contributed by atoms with Crippen molar-refractivity contribution >= 4 is 16.7 Å². The first kappa shape index (κ1) is 17.4. The van der Waals surface area contributed by atoms with E-state index in [2.05, 4.69) is 71.5 Å². The summed E-state index contributed by atoms with van der Waals surface area (Å²) in [7, 11) is 4.19. The van der Waals surface area contributed by atoms with Crippen molar-refractivity contribution in [3.05, 3.63) is 78.3 Å². The van der Waals surface area contributed by atoms with Crippen LogP contribution in [0.4, 0.5) is 0 Å². The van der Waals surface area contributed by atoms with Gasteiger partial charge in [-0.05, 0) is 49.7 Å². The summed E-state index contributed by atoms with van der Waals surface area (Å²) < 4.78 is 0. The van der Waals surface area contributed by atoms with Crippen molar-refractivity contribution in [2.45, 2.75) is 12.8 Å². The molecule has 0 fully saturated rings. The SMILES string of the molecule is CN(C)C/C1=C/C/C(c2nc3ncc(-c4ccccc4)cc3[nH]2)=C\CC=C1. The van der Waals surface area contributed by atoms with Crippen LogP contribution in [0.1, 0.15) is 18.7 Å². The summed E-state index contributed by atoms with van der Waals surface area (Å²) in [6, 6.07) is 12.4. The fourth-order valence-electron chi connectivity index (χ4n) is 3.34. The number of likely N-dealkylation sites (N-methyl/N-ethyl adjacent to an activating group) is 1. The van der Waals surface area contributed by atoms with Gasteiger partial charge in [-0.2, -0.15) is 0 Å². The van der Waals surface area contributed by atoms with E-state index in [0.717, 1.165) is 47.5 Å². The third-order valence-electron chi connectivity index (χ3n) is 4.66. The molecule has 0 radical (unpaired) electrons. The highest BCUT2D eigenvalue weighted by Crippen LogP contribution is 2.25. The monoisotopic (exact) mass is 356 g/mol. The third-order valence-corrected chi connectivity index (χ3v) is 4.66. The predicted octanol–water partition coefficient (Wildman–Crippen LogP) is 4.85. The summed E-state index contributed by atoms with van der Waals surface area (Å²) in [6.07, 6.45) is 12.7. The molecular formula is C23H24N4. The number of hydrogen-bond donors (Lipinski definition) is 1. The fourth-order valence-corrected chi connectivity index (χ4v) is 3.34. The van der Waals surface area contributed by atoms with Gasteiger partial charge in [-0.1, -0.05) is 54.6 Å². The van der Waals surface area contributed by atoms with Crippen LogP contribution >= 0.6 is 0 Å². The van der Waals surface area contributed by atoms with Gasteiger partial charge in [-0.15, -0.1) is 0 Å². The molecule has 0 bridgehead atoms. The number of aromatic amines is 1. The number of rotatable bonds is 4. The van der Waals surface area contributed by atoms with Crippen LogP contribution in [0.2, 0.25) is 0 Å². The number of aromatic nitrogens is 3. The van der Waals surface area contributed by atoms with Crippen molar-refractivity contribution < 1.29 is 0 Å². The highest BCUT2D eigenvalue weighted by Gasteiger charge is 2.10. The van der Waals surface area contributed by atoms with E-state index in [0.29, 0.717) is 0 Å². The van der Waals surface area contributed by atoms with E-state index in [1.807, 2.05) is 24.4 Å². The molecule has 4 nitrogen and oxygen atoms in total. The van der Waals surface area contributed by atoms with Crippen LogP contribution < -0.4 is 0 Å². The molecule has 4 heteroatoms. The molecule has 0 unspecified atom stereocenters.